The number of carbonyl (C=O) groups excluding carboxylic acids is 1. The summed E-state index contributed by atoms with van der Waals surface area (Å²) in [5, 5.41) is -0.839. The Balaban J connectivity index is 2.01. The fourth-order valence-corrected chi connectivity index (χ4v) is 4.62. The van der Waals surface area contributed by atoms with Gasteiger partial charge in [0.2, 0.25) is 5.91 Å². The summed E-state index contributed by atoms with van der Waals surface area (Å²) in [5.74, 6) is -0.245. The number of nitrogens with zero attached hydrogens (tertiary/aromatic N) is 1. The third-order valence-corrected chi connectivity index (χ3v) is 5.48. The Hall–Kier alpha value is -1.56. The van der Waals surface area contributed by atoms with Crippen LogP contribution in [0.2, 0.25) is 0 Å². The Morgan fingerprint density at radius 1 is 1.35 bits per heavy atom. The molecule has 17 heavy (non-hydrogen) atoms. The normalized spacial score (nSPS) is 29.9. The molecule has 1 aromatic carbocycles. The van der Waals surface area contributed by atoms with Crippen LogP contribution in [0.25, 0.3) is 0 Å². The zero-order valence-electron chi connectivity index (χ0n) is 9.04. The van der Waals surface area contributed by atoms with Crippen LogP contribution in [0.1, 0.15) is 6.42 Å². The minimum atomic E-state index is -3.21. The minimum Gasteiger partial charge on any atom is -0.399 e. The van der Waals surface area contributed by atoms with E-state index in [1.807, 2.05) is 0 Å². The molecule has 0 spiro atoms. The van der Waals surface area contributed by atoms with Gasteiger partial charge in [0.15, 0.2) is 9.84 Å². The monoisotopic (exact) mass is 252 g/mol. The van der Waals surface area contributed by atoms with Crippen molar-refractivity contribution in [2.24, 2.45) is 0 Å². The van der Waals surface area contributed by atoms with Gasteiger partial charge in [-0.3, -0.25) is 4.79 Å². The predicted octanol–water partition coefficient (Wildman–Crippen LogP) is 0.171. The number of amides is 1. The van der Waals surface area contributed by atoms with E-state index in [1.165, 1.54) is 0 Å². The van der Waals surface area contributed by atoms with Gasteiger partial charge in [-0.25, -0.2) is 8.42 Å². The predicted molar refractivity (Wildman–Crippen MR) is 64.3 cm³/mol. The molecule has 2 unspecified atom stereocenters. The van der Waals surface area contributed by atoms with E-state index in [-0.39, 0.29) is 17.7 Å². The maximum atomic E-state index is 12.0. The Labute approximate surface area is 99.1 Å². The first-order chi connectivity index (χ1) is 7.99. The van der Waals surface area contributed by atoms with Crippen LogP contribution in [-0.4, -0.2) is 31.4 Å². The zero-order valence-corrected chi connectivity index (χ0v) is 9.85. The maximum Gasteiger partial charge on any atom is 0.245 e. The highest BCUT2D eigenvalue weighted by Crippen LogP contribution is 2.37. The van der Waals surface area contributed by atoms with E-state index in [1.54, 1.807) is 29.2 Å². The fraction of sp³-hybridized carbons (Fsp3) is 0.364. The minimum absolute atomic E-state index is 0.0677. The van der Waals surface area contributed by atoms with Gasteiger partial charge in [-0.1, -0.05) is 6.07 Å². The number of benzene rings is 1. The van der Waals surface area contributed by atoms with Crippen LogP contribution in [-0.2, 0) is 14.6 Å². The zero-order chi connectivity index (χ0) is 12.2. The quantitative estimate of drug-likeness (QED) is 0.722. The smallest absolute Gasteiger partial charge is 0.245 e. The molecule has 0 radical (unpaired) electrons. The van der Waals surface area contributed by atoms with Crippen molar-refractivity contribution in [1.82, 2.24) is 0 Å². The molecule has 2 bridgehead atoms. The molecule has 2 atom stereocenters. The highest BCUT2D eigenvalue weighted by molar-refractivity contribution is 7.93. The standard InChI is InChI=1S/C11H12N2O3S/c12-7-2-1-3-8(4-7)13-9-5-10(11(13)14)17(15,16)6-9/h1-4,9-10H,5-6,12H2. The van der Waals surface area contributed by atoms with E-state index in [0.717, 1.165) is 0 Å². The van der Waals surface area contributed by atoms with Crippen LogP contribution >= 0.6 is 0 Å². The number of rotatable bonds is 1. The van der Waals surface area contributed by atoms with Crippen molar-refractivity contribution in [2.75, 3.05) is 16.4 Å². The molecule has 1 amide bonds. The van der Waals surface area contributed by atoms with Crippen LogP contribution in [0.4, 0.5) is 11.4 Å². The summed E-state index contributed by atoms with van der Waals surface area (Å²) in [6, 6.07) is 6.75. The first-order valence-electron chi connectivity index (χ1n) is 5.39. The van der Waals surface area contributed by atoms with Gasteiger partial charge < -0.3 is 10.6 Å². The second-order valence-electron chi connectivity index (χ2n) is 4.51. The lowest BCUT2D eigenvalue weighted by Crippen LogP contribution is -2.45. The Kier molecular flexibility index (Phi) is 2.01. The average molecular weight is 252 g/mol. The van der Waals surface area contributed by atoms with Crippen molar-refractivity contribution in [3.8, 4) is 0 Å². The SMILES string of the molecule is Nc1cccc(N2C(=O)C3CC2CS3(=O)=O)c1. The van der Waals surface area contributed by atoms with Crippen molar-refractivity contribution in [3.63, 3.8) is 0 Å². The number of anilines is 2. The van der Waals surface area contributed by atoms with E-state index < -0.39 is 15.1 Å². The molecule has 2 heterocycles. The molecule has 6 heteroatoms. The van der Waals surface area contributed by atoms with E-state index in [2.05, 4.69) is 0 Å². The third-order valence-electron chi connectivity index (χ3n) is 3.37. The van der Waals surface area contributed by atoms with E-state index in [0.29, 0.717) is 17.8 Å². The number of fused-ring (bicyclic) bond motifs is 2. The number of carbonyl (C=O) groups is 1. The first-order valence-corrected chi connectivity index (χ1v) is 7.11. The molecule has 2 aliphatic heterocycles. The number of sulfone groups is 1. The molecular formula is C11H12N2O3S. The fourth-order valence-electron chi connectivity index (χ4n) is 2.63. The Morgan fingerprint density at radius 2 is 2.12 bits per heavy atom. The van der Waals surface area contributed by atoms with Crippen LogP contribution < -0.4 is 10.6 Å². The van der Waals surface area contributed by atoms with Gasteiger partial charge in [0.25, 0.3) is 0 Å². The topological polar surface area (TPSA) is 80.5 Å². The highest BCUT2D eigenvalue weighted by Gasteiger charge is 2.54. The van der Waals surface area contributed by atoms with Gasteiger partial charge in [-0.05, 0) is 24.6 Å². The van der Waals surface area contributed by atoms with Gasteiger partial charge in [0, 0.05) is 11.4 Å². The summed E-state index contributed by atoms with van der Waals surface area (Å²) in [6.45, 7) is 0. The summed E-state index contributed by atoms with van der Waals surface area (Å²) in [7, 11) is -3.21. The maximum absolute atomic E-state index is 12.0. The molecule has 5 nitrogen and oxygen atoms in total. The molecule has 0 aromatic heterocycles. The van der Waals surface area contributed by atoms with Crippen molar-refractivity contribution >= 4 is 27.1 Å². The summed E-state index contributed by atoms with van der Waals surface area (Å²) >= 11 is 0. The summed E-state index contributed by atoms with van der Waals surface area (Å²) in [4.78, 5) is 13.6. The van der Waals surface area contributed by atoms with Crippen molar-refractivity contribution in [3.05, 3.63) is 24.3 Å². The van der Waals surface area contributed by atoms with Gasteiger partial charge in [0.1, 0.15) is 5.25 Å². The van der Waals surface area contributed by atoms with Gasteiger partial charge >= 0.3 is 0 Å². The number of nitrogens with two attached hydrogens (primary N) is 1. The molecule has 90 valence electrons. The Morgan fingerprint density at radius 3 is 2.71 bits per heavy atom. The van der Waals surface area contributed by atoms with Crippen LogP contribution in [0.3, 0.4) is 0 Å². The third kappa shape index (κ3) is 1.44. The lowest BCUT2D eigenvalue weighted by molar-refractivity contribution is -0.117. The summed E-state index contributed by atoms with van der Waals surface area (Å²) < 4.78 is 23.2. The van der Waals surface area contributed by atoms with Crippen LogP contribution in [0.5, 0.6) is 0 Å². The molecule has 0 saturated carbocycles. The highest BCUT2D eigenvalue weighted by atomic mass is 32.2. The van der Waals surface area contributed by atoms with Crippen LogP contribution in [0, 0.1) is 0 Å². The molecule has 3 rings (SSSR count). The molecule has 0 aliphatic carbocycles. The molecule has 2 fully saturated rings. The summed E-state index contributed by atoms with van der Waals surface area (Å²) in [5.41, 5.74) is 6.93. The van der Waals surface area contributed by atoms with E-state index in [4.69, 9.17) is 5.73 Å². The molecule has 1 aromatic rings. The second-order valence-corrected chi connectivity index (χ2v) is 6.74. The van der Waals surface area contributed by atoms with E-state index >= 15 is 0 Å². The van der Waals surface area contributed by atoms with Crippen LogP contribution in [0.15, 0.2) is 24.3 Å². The lowest BCUT2D eigenvalue weighted by atomic mass is 10.2. The van der Waals surface area contributed by atoms with Crippen molar-refractivity contribution < 1.29 is 13.2 Å². The van der Waals surface area contributed by atoms with E-state index in [9.17, 15) is 13.2 Å². The second kappa shape index (κ2) is 3.22. The molecule has 2 aliphatic rings. The summed E-state index contributed by atoms with van der Waals surface area (Å²) in [6.07, 6.45) is 0.413. The number of nitrogen functional groups attached to an aromatic ring is 1. The average Bonchev–Trinajstić information content (AvgIpc) is 2.70. The number of hydrogen-bond donors (Lipinski definition) is 1. The van der Waals surface area contributed by atoms with Gasteiger partial charge in [-0.2, -0.15) is 0 Å². The molecular weight excluding hydrogens is 240 g/mol. The van der Waals surface area contributed by atoms with Gasteiger partial charge in [0.05, 0.1) is 11.8 Å². The Bertz CT molecular complexity index is 596. The molecule has 2 saturated heterocycles. The lowest BCUT2D eigenvalue weighted by Gasteiger charge is -2.27. The van der Waals surface area contributed by atoms with Crippen molar-refractivity contribution in [2.45, 2.75) is 17.7 Å². The largest absolute Gasteiger partial charge is 0.399 e. The van der Waals surface area contributed by atoms with Crippen molar-refractivity contribution in [1.29, 1.82) is 0 Å². The molecule has 2 N–H and O–H groups in total. The first kappa shape index (κ1) is 10.6. The number of hydrogen-bond acceptors (Lipinski definition) is 4. The van der Waals surface area contributed by atoms with Gasteiger partial charge in [-0.15, -0.1) is 0 Å².